The molecule has 1 aromatic carbocycles. The van der Waals surface area contributed by atoms with Gasteiger partial charge in [0.1, 0.15) is 5.78 Å². The van der Waals surface area contributed by atoms with E-state index < -0.39 is 10.1 Å². The molecule has 0 amide bonds. The summed E-state index contributed by atoms with van der Waals surface area (Å²) in [5.41, 5.74) is 0.956. The van der Waals surface area contributed by atoms with Crippen LogP contribution in [0.15, 0.2) is 29.2 Å². The zero-order valence-electron chi connectivity index (χ0n) is 11.9. The van der Waals surface area contributed by atoms with Crippen LogP contribution in [0, 0.1) is 6.92 Å². The fourth-order valence-corrected chi connectivity index (χ4v) is 2.31. The SMILES string of the molecule is CCN1CCC(=O)CC1.Cc1ccc(S(=O)(=O)O)cc1. The second kappa shape index (κ2) is 7.52. The third-order valence-corrected chi connectivity index (χ3v) is 4.05. The smallest absolute Gasteiger partial charge is 0.294 e. The summed E-state index contributed by atoms with van der Waals surface area (Å²) in [5.74, 6) is 0.430. The van der Waals surface area contributed by atoms with Crippen LogP contribution in [0.5, 0.6) is 0 Å². The highest BCUT2D eigenvalue weighted by Gasteiger charge is 2.13. The lowest BCUT2D eigenvalue weighted by atomic mass is 10.1. The lowest BCUT2D eigenvalue weighted by molar-refractivity contribution is -0.121. The molecule has 0 aliphatic carbocycles. The van der Waals surface area contributed by atoms with Crippen molar-refractivity contribution in [2.75, 3.05) is 19.6 Å². The Kier molecular flexibility index (Phi) is 6.32. The molecule has 1 heterocycles. The lowest BCUT2D eigenvalue weighted by Crippen LogP contribution is -2.33. The Hall–Kier alpha value is -1.24. The number of ketones is 1. The first-order valence-electron chi connectivity index (χ1n) is 6.61. The molecule has 0 saturated carbocycles. The average Bonchev–Trinajstić information content (AvgIpc) is 2.40. The highest BCUT2D eigenvalue weighted by molar-refractivity contribution is 7.85. The number of Topliss-reactive ketones (excluding diaryl/α,β-unsaturated/α-hetero) is 1. The van der Waals surface area contributed by atoms with E-state index in [1.54, 1.807) is 12.1 Å². The Morgan fingerprint density at radius 1 is 1.15 bits per heavy atom. The molecule has 0 unspecified atom stereocenters. The van der Waals surface area contributed by atoms with Crippen molar-refractivity contribution in [2.45, 2.75) is 31.6 Å². The van der Waals surface area contributed by atoms with E-state index in [0.717, 1.165) is 38.0 Å². The van der Waals surface area contributed by atoms with Crippen LogP contribution in [-0.2, 0) is 14.9 Å². The number of benzene rings is 1. The minimum atomic E-state index is -4.02. The van der Waals surface area contributed by atoms with Crippen molar-refractivity contribution in [3.63, 3.8) is 0 Å². The van der Waals surface area contributed by atoms with Crippen molar-refractivity contribution in [3.8, 4) is 0 Å². The second-order valence-corrected chi connectivity index (χ2v) is 6.18. The van der Waals surface area contributed by atoms with Gasteiger partial charge in [-0.15, -0.1) is 0 Å². The minimum absolute atomic E-state index is 0.0666. The molecule has 0 aromatic heterocycles. The van der Waals surface area contributed by atoms with E-state index in [4.69, 9.17) is 4.55 Å². The Morgan fingerprint density at radius 3 is 2.05 bits per heavy atom. The van der Waals surface area contributed by atoms with Gasteiger partial charge >= 0.3 is 0 Å². The van der Waals surface area contributed by atoms with E-state index >= 15 is 0 Å². The fourth-order valence-electron chi connectivity index (χ4n) is 1.83. The minimum Gasteiger partial charge on any atom is -0.303 e. The monoisotopic (exact) mass is 299 g/mol. The summed E-state index contributed by atoms with van der Waals surface area (Å²) in [6.07, 6.45) is 1.54. The van der Waals surface area contributed by atoms with Crippen molar-refractivity contribution in [2.24, 2.45) is 0 Å². The predicted octanol–water partition coefficient (Wildman–Crippen LogP) is 1.91. The zero-order valence-corrected chi connectivity index (χ0v) is 12.7. The number of piperidine rings is 1. The van der Waals surface area contributed by atoms with Crippen molar-refractivity contribution < 1.29 is 17.8 Å². The Bertz CT molecular complexity index is 527. The van der Waals surface area contributed by atoms with E-state index in [-0.39, 0.29) is 4.90 Å². The van der Waals surface area contributed by atoms with E-state index in [9.17, 15) is 13.2 Å². The topological polar surface area (TPSA) is 74.7 Å². The van der Waals surface area contributed by atoms with Gasteiger partial charge in [-0.3, -0.25) is 9.35 Å². The molecule has 0 spiro atoms. The standard InChI is InChI=1S/C7H13NO.C7H8O3S/c1-2-8-5-3-7(9)4-6-8;1-6-2-4-7(5-3-6)11(8,9)10/h2-6H2,1H3;2-5H,1H3,(H,8,9,10). The number of rotatable bonds is 2. The van der Waals surface area contributed by atoms with Crippen LogP contribution in [0.4, 0.5) is 0 Å². The van der Waals surface area contributed by atoms with Gasteiger partial charge in [0.05, 0.1) is 4.90 Å². The lowest BCUT2D eigenvalue weighted by Gasteiger charge is -2.23. The number of hydrogen-bond acceptors (Lipinski definition) is 4. The highest BCUT2D eigenvalue weighted by atomic mass is 32.2. The Labute approximate surface area is 120 Å². The number of carbonyl (C=O) groups excluding carboxylic acids is 1. The third-order valence-electron chi connectivity index (χ3n) is 3.18. The van der Waals surface area contributed by atoms with Crippen molar-refractivity contribution in [1.82, 2.24) is 4.90 Å². The van der Waals surface area contributed by atoms with Gasteiger partial charge < -0.3 is 4.90 Å². The van der Waals surface area contributed by atoms with Crippen LogP contribution < -0.4 is 0 Å². The van der Waals surface area contributed by atoms with Crippen LogP contribution in [0.3, 0.4) is 0 Å². The largest absolute Gasteiger partial charge is 0.303 e. The molecular weight excluding hydrogens is 278 g/mol. The van der Waals surface area contributed by atoms with Crippen LogP contribution in [0.1, 0.15) is 25.3 Å². The highest BCUT2D eigenvalue weighted by Crippen LogP contribution is 2.08. The average molecular weight is 299 g/mol. The molecule has 1 N–H and O–H groups in total. The number of carbonyl (C=O) groups is 1. The van der Waals surface area contributed by atoms with E-state index in [1.807, 2.05) is 6.92 Å². The van der Waals surface area contributed by atoms with Crippen molar-refractivity contribution >= 4 is 15.9 Å². The number of aryl methyl sites for hydroxylation is 1. The molecule has 6 heteroatoms. The second-order valence-electron chi connectivity index (χ2n) is 4.76. The molecular formula is C14H21NO4S. The Morgan fingerprint density at radius 2 is 1.65 bits per heavy atom. The molecule has 1 aromatic rings. The molecule has 20 heavy (non-hydrogen) atoms. The van der Waals surface area contributed by atoms with Gasteiger partial charge in [-0.2, -0.15) is 8.42 Å². The third kappa shape index (κ3) is 5.81. The van der Waals surface area contributed by atoms with Gasteiger partial charge in [0.25, 0.3) is 10.1 Å². The van der Waals surface area contributed by atoms with Gasteiger partial charge in [0.2, 0.25) is 0 Å². The quantitative estimate of drug-likeness (QED) is 0.844. The summed E-state index contributed by atoms with van der Waals surface area (Å²) in [6.45, 7) is 7.03. The first kappa shape index (κ1) is 16.8. The van der Waals surface area contributed by atoms with E-state index in [2.05, 4.69) is 11.8 Å². The summed E-state index contributed by atoms with van der Waals surface area (Å²) >= 11 is 0. The molecule has 0 atom stereocenters. The zero-order chi connectivity index (χ0) is 15.2. The molecule has 0 bridgehead atoms. The summed E-state index contributed by atoms with van der Waals surface area (Å²) < 4.78 is 29.6. The molecule has 1 fully saturated rings. The maximum atomic E-state index is 10.7. The van der Waals surface area contributed by atoms with Crippen LogP contribution in [-0.4, -0.2) is 43.3 Å². The summed E-state index contributed by atoms with van der Waals surface area (Å²) in [4.78, 5) is 12.9. The van der Waals surface area contributed by atoms with Crippen LogP contribution in [0.25, 0.3) is 0 Å². The number of likely N-dealkylation sites (tertiary alicyclic amines) is 1. The maximum Gasteiger partial charge on any atom is 0.294 e. The van der Waals surface area contributed by atoms with Gasteiger partial charge in [-0.1, -0.05) is 24.6 Å². The molecule has 1 saturated heterocycles. The molecule has 2 rings (SSSR count). The van der Waals surface area contributed by atoms with Gasteiger partial charge in [-0.05, 0) is 25.6 Å². The van der Waals surface area contributed by atoms with E-state index in [0.29, 0.717) is 5.78 Å². The predicted molar refractivity (Wildman–Crippen MR) is 77.3 cm³/mol. The summed E-state index contributed by atoms with van der Waals surface area (Å²) in [7, 11) is -4.02. The first-order valence-corrected chi connectivity index (χ1v) is 8.05. The molecule has 112 valence electrons. The molecule has 1 aliphatic heterocycles. The summed E-state index contributed by atoms with van der Waals surface area (Å²) in [6, 6.07) is 5.99. The fraction of sp³-hybridized carbons (Fsp3) is 0.500. The summed E-state index contributed by atoms with van der Waals surface area (Å²) in [5, 5.41) is 0. The Balaban J connectivity index is 0.000000204. The van der Waals surface area contributed by atoms with Crippen LogP contribution >= 0.6 is 0 Å². The molecule has 0 radical (unpaired) electrons. The van der Waals surface area contributed by atoms with Gasteiger partial charge in [-0.25, -0.2) is 0 Å². The maximum absolute atomic E-state index is 10.7. The van der Waals surface area contributed by atoms with Crippen molar-refractivity contribution in [3.05, 3.63) is 29.8 Å². The number of nitrogens with zero attached hydrogens (tertiary/aromatic N) is 1. The molecule has 1 aliphatic rings. The van der Waals surface area contributed by atoms with Gasteiger partial charge in [0.15, 0.2) is 0 Å². The van der Waals surface area contributed by atoms with Crippen molar-refractivity contribution in [1.29, 1.82) is 0 Å². The molecule has 5 nitrogen and oxygen atoms in total. The first-order chi connectivity index (χ1) is 9.32. The van der Waals surface area contributed by atoms with Crippen LogP contribution in [0.2, 0.25) is 0 Å². The van der Waals surface area contributed by atoms with E-state index in [1.165, 1.54) is 12.1 Å². The normalized spacial score (nSPS) is 16.4. The number of hydrogen-bond donors (Lipinski definition) is 1. The van der Waals surface area contributed by atoms with Gasteiger partial charge in [0, 0.05) is 25.9 Å².